The lowest BCUT2D eigenvalue weighted by Gasteiger charge is -2.22. The molecular formula is C13H12ClFN2O3S2. The largest absolute Gasteiger partial charge is 0.507 e. The Kier molecular flexibility index (Phi) is 4.19. The van der Waals surface area contributed by atoms with Gasteiger partial charge in [-0.05, 0) is 12.1 Å². The van der Waals surface area contributed by atoms with Crippen LogP contribution in [-0.4, -0.2) is 41.9 Å². The van der Waals surface area contributed by atoms with Crippen LogP contribution in [0, 0.1) is 5.82 Å². The van der Waals surface area contributed by atoms with Crippen LogP contribution < -0.4 is 5.32 Å². The number of nitrogens with one attached hydrogen (secondary N) is 1. The second-order valence-electron chi connectivity index (χ2n) is 4.83. The van der Waals surface area contributed by atoms with E-state index in [0.29, 0.717) is 12.3 Å². The molecule has 5 nitrogen and oxygen atoms in total. The fourth-order valence-electron chi connectivity index (χ4n) is 2.24. The molecule has 1 aliphatic heterocycles. The van der Waals surface area contributed by atoms with Gasteiger partial charge in [0.25, 0.3) is 0 Å². The second-order valence-corrected chi connectivity index (χ2v) is 8.49. The van der Waals surface area contributed by atoms with E-state index in [2.05, 4.69) is 10.3 Å². The van der Waals surface area contributed by atoms with Gasteiger partial charge in [0.2, 0.25) is 9.84 Å². The maximum Gasteiger partial charge on any atom is 0.212 e. The van der Waals surface area contributed by atoms with E-state index >= 15 is 0 Å². The molecule has 3 rings (SSSR count). The van der Waals surface area contributed by atoms with Gasteiger partial charge < -0.3 is 5.11 Å². The first-order valence-electron chi connectivity index (χ1n) is 6.43. The van der Waals surface area contributed by atoms with Crippen molar-refractivity contribution in [3.8, 4) is 5.75 Å². The average Bonchev–Trinajstić information content (AvgIpc) is 2.49. The van der Waals surface area contributed by atoms with Crippen LogP contribution in [0.2, 0.25) is 5.02 Å². The second kappa shape index (κ2) is 5.84. The van der Waals surface area contributed by atoms with Crippen LogP contribution in [0.5, 0.6) is 5.75 Å². The molecule has 0 spiro atoms. The van der Waals surface area contributed by atoms with Gasteiger partial charge in [-0.3, -0.25) is 5.32 Å². The fraction of sp³-hybridized carbons (Fsp3) is 0.308. The first-order chi connectivity index (χ1) is 10.4. The molecule has 22 heavy (non-hydrogen) atoms. The molecule has 2 aromatic rings. The van der Waals surface area contributed by atoms with Gasteiger partial charge in [0, 0.05) is 34.5 Å². The van der Waals surface area contributed by atoms with Crippen molar-refractivity contribution in [3.63, 3.8) is 0 Å². The summed E-state index contributed by atoms with van der Waals surface area (Å²) in [6.45, 7) is 0.568. The molecule has 0 amide bonds. The van der Waals surface area contributed by atoms with Crippen molar-refractivity contribution in [2.24, 2.45) is 0 Å². The zero-order valence-corrected chi connectivity index (χ0v) is 13.6. The van der Waals surface area contributed by atoms with Gasteiger partial charge in [-0.2, -0.15) is 11.8 Å². The number of nitrogens with zero attached hydrogens (tertiary/aromatic N) is 1. The van der Waals surface area contributed by atoms with Crippen LogP contribution >= 0.6 is 23.4 Å². The van der Waals surface area contributed by atoms with E-state index in [1.165, 1.54) is 17.8 Å². The average molecular weight is 363 g/mol. The monoisotopic (exact) mass is 362 g/mol. The van der Waals surface area contributed by atoms with Crippen LogP contribution in [-0.2, 0) is 9.84 Å². The summed E-state index contributed by atoms with van der Waals surface area (Å²) in [5.74, 6) is 0.0656. The number of thioether (sulfide) groups is 1. The smallest absolute Gasteiger partial charge is 0.212 e. The van der Waals surface area contributed by atoms with E-state index in [0.717, 1.165) is 17.9 Å². The van der Waals surface area contributed by atoms with Crippen molar-refractivity contribution in [1.29, 1.82) is 0 Å². The van der Waals surface area contributed by atoms with Gasteiger partial charge in [0.1, 0.15) is 16.6 Å². The number of sulfone groups is 1. The van der Waals surface area contributed by atoms with Crippen LogP contribution in [0.1, 0.15) is 0 Å². The molecule has 9 heteroatoms. The normalized spacial score (nSPS) is 19.5. The number of aromatic nitrogens is 1. The summed E-state index contributed by atoms with van der Waals surface area (Å²) in [5.41, 5.74) is -0.216. The van der Waals surface area contributed by atoms with Crippen molar-refractivity contribution in [1.82, 2.24) is 10.3 Å². The number of rotatable bonds is 2. The van der Waals surface area contributed by atoms with Gasteiger partial charge in [-0.15, -0.1) is 0 Å². The summed E-state index contributed by atoms with van der Waals surface area (Å²) in [6, 6.07) is 3.41. The highest BCUT2D eigenvalue weighted by molar-refractivity contribution is 8.01. The molecule has 0 aliphatic carbocycles. The zero-order chi connectivity index (χ0) is 15.9. The molecule has 118 valence electrons. The van der Waals surface area contributed by atoms with E-state index in [-0.39, 0.29) is 26.7 Å². The Morgan fingerprint density at radius 3 is 2.86 bits per heavy atom. The van der Waals surface area contributed by atoms with Crippen LogP contribution in [0.15, 0.2) is 23.2 Å². The number of benzene rings is 1. The first kappa shape index (κ1) is 15.8. The fourth-order valence-corrected chi connectivity index (χ4v) is 5.34. The third-order valence-corrected chi connectivity index (χ3v) is 6.71. The lowest BCUT2D eigenvalue weighted by molar-refractivity contribution is 0.477. The van der Waals surface area contributed by atoms with Gasteiger partial charge in [-0.25, -0.2) is 17.8 Å². The Labute approximate surface area is 135 Å². The van der Waals surface area contributed by atoms with E-state index < -0.39 is 21.0 Å². The Balaban J connectivity index is 2.15. The third kappa shape index (κ3) is 2.76. The molecule has 2 N–H and O–H groups in total. The number of halogens is 2. The maximum atomic E-state index is 14.0. The van der Waals surface area contributed by atoms with E-state index in [1.54, 1.807) is 0 Å². The highest BCUT2D eigenvalue weighted by atomic mass is 35.5. The molecule has 1 atom stereocenters. The number of fused-ring (bicyclic) bond motifs is 1. The number of aromatic hydroxyl groups is 1. The Morgan fingerprint density at radius 2 is 2.18 bits per heavy atom. The Hall–Kier alpha value is -1.09. The Bertz CT molecular complexity index is 839. The van der Waals surface area contributed by atoms with Crippen LogP contribution in [0.25, 0.3) is 10.9 Å². The minimum atomic E-state index is -3.81. The maximum absolute atomic E-state index is 14.0. The quantitative estimate of drug-likeness (QED) is 0.852. The van der Waals surface area contributed by atoms with Gasteiger partial charge >= 0.3 is 0 Å². The molecule has 1 aromatic heterocycles. The van der Waals surface area contributed by atoms with Gasteiger partial charge in [0.05, 0.1) is 0 Å². The highest BCUT2D eigenvalue weighted by Crippen LogP contribution is 2.31. The van der Waals surface area contributed by atoms with Crippen LogP contribution in [0.4, 0.5) is 4.39 Å². The van der Waals surface area contributed by atoms with E-state index in [1.807, 2.05) is 0 Å². The summed E-state index contributed by atoms with van der Waals surface area (Å²) < 4.78 is 39.1. The van der Waals surface area contributed by atoms with Crippen molar-refractivity contribution in [2.45, 2.75) is 10.4 Å². The zero-order valence-electron chi connectivity index (χ0n) is 11.2. The summed E-state index contributed by atoms with van der Waals surface area (Å²) in [5, 5.41) is 11.9. The summed E-state index contributed by atoms with van der Waals surface area (Å²) in [6.07, 6.45) is 0. The first-order valence-corrected chi connectivity index (χ1v) is 9.51. The highest BCUT2D eigenvalue weighted by Gasteiger charge is 2.31. The lowest BCUT2D eigenvalue weighted by atomic mass is 10.2. The van der Waals surface area contributed by atoms with Crippen LogP contribution in [0.3, 0.4) is 0 Å². The van der Waals surface area contributed by atoms with Gasteiger partial charge in [-0.1, -0.05) is 11.6 Å². The molecule has 0 radical (unpaired) electrons. The predicted octanol–water partition coefficient (Wildman–Crippen LogP) is 2.17. The molecule has 1 unspecified atom stereocenters. The third-order valence-electron chi connectivity index (χ3n) is 3.34. The number of pyridine rings is 1. The lowest BCUT2D eigenvalue weighted by Crippen LogP contribution is -2.43. The SMILES string of the molecule is O=S(=O)(c1cc(O)c2cc(Cl)cc(F)c2n1)C1CSCCN1. The standard InChI is InChI=1S/C13H12ClFN2O3S2/c14-7-3-8-10(18)5-11(17-13(8)9(15)4-7)22(19,20)12-6-21-2-1-16-12/h3-5,12,16H,1-2,6H2,(H,17,18). The van der Waals surface area contributed by atoms with Crippen molar-refractivity contribution in [3.05, 3.63) is 29.0 Å². The molecule has 2 heterocycles. The predicted molar refractivity (Wildman–Crippen MR) is 84.7 cm³/mol. The molecule has 0 bridgehead atoms. The molecule has 1 aromatic carbocycles. The van der Waals surface area contributed by atoms with E-state index in [4.69, 9.17) is 11.6 Å². The molecular weight excluding hydrogens is 351 g/mol. The molecule has 1 aliphatic rings. The molecule has 0 saturated carbocycles. The van der Waals surface area contributed by atoms with Gasteiger partial charge in [0.15, 0.2) is 10.8 Å². The summed E-state index contributed by atoms with van der Waals surface area (Å²) >= 11 is 7.25. The summed E-state index contributed by atoms with van der Waals surface area (Å²) in [4.78, 5) is 3.89. The topological polar surface area (TPSA) is 79.3 Å². The van der Waals surface area contributed by atoms with Crippen molar-refractivity contribution >= 4 is 44.1 Å². The number of hydrogen-bond acceptors (Lipinski definition) is 6. The van der Waals surface area contributed by atoms with E-state index in [9.17, 15) is 17.9 Å². The van der Waals surface area contributed by atoms with Crippen molar-refractivity contribution < 1.29 is 17.9 Å². The number of hydrogen-bond donors (Lipinski definition) is 2. The Morgan fingerprint density at radius 1 is 1.41 bits per heavy atom. The molecule has 1 fully saturated rings. The minimum Gasteiger partial charge on any atom is -0.507 e. The van der Waals surface area contributed by atoms with Crippen molar-refractivity contribution in [2.75, 3.05) is 18.1 Å². The molecule has 1 saturated heterocycles. The summed E-state index contributed by atoms with van der Waals surface area (Å²) in [7, 11) is -3.81. The minimum absolute atomic E-state index is 0.0786.